The Bertz CT molecular complexity index is 110. The molecular formula is C8H16OS. The zero-order valence-corrected chi connectivity index (χ0v) is 7.99. The smallest absolute Gasteiger partial charge is 0.101 e. The second-order valence-corrected chi connectivity index (χ2v) is 5.60. The molecule has 60 valence electrons. The molecule has 2 atom stereocenters. The van der Waals surface area contributed by atoms with Gasteiger partial charge in [-0.2, -0.15) is 0 Å². The Kier molecular flexibility index (Phi) is 2.31. The molecule has 1 saturated heterocycles. The zero-order chi connectivity index (χ0) is 7.78. The van der Waals surface area contributed by atoms with E-state index in [4.69, 9.17) is 4.74 Å². The van der Waals surface area contributed by atoms with Gasteiger partial charge in [0.25, 0.3) is 0 Å². The molecule has 0 spiro atoms. The molecule has 0 amide bonds. The lowest BCUT2D eigenvalue weighted by Gasteiger charge is -2.37. The Morgan fingerprint density at radius 3 is 2.40 bits per heavy atom. The predicted octanol–water partition coefficient (Wildman–Crippen LogP) is 2.65. The second-order valence-electron chi connectivity index (χ2n) is 3.60. The molecule has 1 aliphatic rings. The van der Waals surface area contributed by atoms with Crippen molar-refractivity contribution in [3.63, 3.8) is 0 Å². The molecule has 0 aliphatic carbocycles. The van der Waals surface area contributed by atoms with E-state index in [0.717, 1.165) is 0 Å². The fourth-order valence-corrected chi connectivity index (χ4v) is 3.07. The summed E-state index contributed by atoms with van der Waals surface area (Å²) in [7, 11) is 0. The van der Waals surface area contributed by atoms with E-state index in [1.807, 2.05) is 11.8 Å². The van der Waals surface area contributed by atoms with Crippen molar-refractivity contribution in [1.29, 1.82) is 0 Å². The van der Waals surface area contributed by atoms with Crippen molar-refractivity contribution in [2.75, 3.05) is 0 Å². The lowest BCUT2D eigenvalue weighted by Crippen LogP contribution is -2.33. The summed E-state index contributed by atoms with van der Waals surface area (Å²) >= 11 is 1.93. The monoisotopic (exact) mass is 160 g/mol. The molecule has 0 radical (unpaired) electrons. The highest BCUT2D eigenvalue weighted by Gasteiger charge is 2.30. The first-order valence-corrected chi connectivity index (χ1v) is 4.71. The Balaban J connectivity index is 2.51. The molecule has 0 bridgehead atoms. The molecule has 0 aromatic carbocycles. The highest BCUT2D eigenvalue weighted by atomic mass is 32.2. The minimum Gasteiger partial charge on any atom is -0.365 e. The molecule has 10 heavy (non-hydrogen) atoms. The van der Waals surface area contributed by atoms with Gasteiger partial charge in [-0.3, -0.25) is 0 Å². The molecule has 1 aliphatic heterocycles. The van der Waals surface area contributed by atoms with Crippen molar-refractivity contribution in [3.05, 3.63) is 0 Å². The maximum atomic E-state index is 5.58. The SMILES string of the molecule is CC1CC(C)(C)SC(C)O1. The number of hydrogen-bond donors (Lipinski definition) is 0. The van der Waals surface area contributed by atoms with Crippen LogP contribution in [0.2, 0.25) is 0 Å². The lowest BCUT2D eigenvalue weighted by molar-refractivity contribution is 0.0336. The number of thioether (sulfide) groups is 1. The highest BCUT2D eigenvalue weighted by molar-refractivity contribution is 8.01. The van der Waals surface area contributed by atoms with Crippen LogP contribution in [0.3, 0.4) is 0 Å². The van der Waals surface area contributed by atoms with Gasteiger partial charge < -0.3 is 4.74 Å². The number of ether oxygens (including phenoxy) is 1. The molecule has 1 nitrogen and oxygen atoms in total. The fraction of sp³-hybridized carbons (Fsp3) is 1.00. The topological polar surface area (TPSA) is 9.23 Å². The normalized spacial score (nSPS) is 39.6. The van der Waals surface area contributed by atoms with Gasteiger partial charge in [0.15, 0.2) is 0 Å². The van der Waals surface area contributed by atoms with Crippen LogP contribution in [0, 0.1) is 0 Å². The quantitative estimate of drug-likeness (QED) is 0.539. The molecular weight excluding hydrogens is 144 g/mol. The molecule has 0 N–H and O–H groups in total. The average molecular weight is 160 g/mol. The van der Waals surface area contributed by atoms with Crippen LogP contribution in [-0.4, -0.2) is 16.3 Å². The summed E-state index contributed by atoms with van der Waals surface area (Å²) < 4.78 is 6.00. The van der Waals surface area contributed by atoms with Crippen LogP contribution in [0.4, 0.5) is 0 Å². The van der Waals surface area contributed by atoms with Gasteiger partial charge in [0, 0.05) is 4.75 Å². The summed E-state index contributed by atoms with van der Waals surface area (Å²) in [5.41, 5.74) is 0.374. The van der Waals surface area contributed by atoms with Gasteiger partial charge in [-0.05, 0) is 20.3 Å². The first kappa shape index (κ1) is 8.41. The van der Waals surface area contributed by atoms with E-state index in [1.165, 1.54) is 6.42 Å². The lowest BCUT2D eigenvalue weighted by atomic mass is 10.1. The van der Waals surface area contributed by atoms with E-state index in [-0.39, 0.29) is 0 Å². The maximum absolute atomic E-state index is 5.58. The van der Waals surface area contributed by atoms with Crippen molar-refractivity contribution >= 4 is 11.8 Å². The Morgan fingerprint density at radius 1 is 1.40 bits per heavy atom. The van der Waals surface area contributed by atoms with Gasteiger partial charge in [0.05, 0.1) is 6.10 Å². The van der Waals surface area contributed by atoms with E-state index in [2.05, 4.69) is 27.7 Å². The van der Waals surface area contributed by atoms with Crippen LogP contribution in [0.25, 0.3) is 0 Å². The summed E-state index contributed by atoms with van der Waals surface area (Å²) in [6.07, 6.45) is 1.60. The van der Waals surface area contributed by atoms with Crippen LogP contribution < -0.4 is 0 Å². The molecule has 2 heteroatoms. The first-order valence-electron chi connectivity index (χ1n) is 3.83. The van der Waals surface area contributed by atoms with Crippen LogP contribution in [-0.2, 0) is 4.74 Å². The Labute approximate surface area is 67.5 Å². The summed E-state index contributed by atoms with van der Waals surface area (Å²) in [5, 5.41) is 0. The van der Waals surface area contributed by atoms with Crippen LogP contribution in [0.1, 0.15) is 34.1 Å². The standard InChI is InChI=1S/C8H16OS/c1-6-5-8(3,4)10-7(2)9-6/h6-7H,5H2,1-4H3. The summed E-state index contributed by atoms with van der Waals surface area (Å²) in [4.78, 5) is 0. The third-order valence-electron chi connectivity index (χ3n) is 1.69. The third kappa shape index (κ3) is 2.17. The van der Waals surface area contributed by atoms with E-state index < -0.39 is 0 Å². The second kappa shape index (κ2) is 2.74. The number of hydrogen-bond acceptors (Lipinski definition) is 2. The van der Waals surface area contributed by atoms with E-state index in [1.54, 1.807) is 0 Å². The molecule has 0 saturated carbocycles. The molecule has 1 rings (SSSR count). The van der Waals surface area contributed by atoms with Gasteiger partial charge >= 0.3 is 0 Å². The van der Waals surface area contributed by atoms with Gasteiger partial charge in [-0.25, -0.2) is 0 Å². The van der Waals surface area contributed by atoms with E-state index in [0.29, 0.717) is 16.3 Å². The van der Waals surface area contributed by atoms with Crippen molar-refractivity contribution in [2.45, 2.75) is 50.4 Å². The van der Waals surface area contributed by atoms with Gasteiger partial charge in [0.2, 0.25) is 0 Å². The predicted molar refractivity (Wildman–Crippen MR) is 46.3 cm³/mol. The third-order valence-corrected chi connectivity index (χ3v) is 2.94. The van der Waals surface area contributed by atoms with Crippen LogP contribution >= 0.6 is 11.8 Å². The number of rotatable bonds is 0. The van der Waals surface area contributed by atoms with Gasteiger partial charge in [0.1, 0.15) is 5.44 Å². The largest absolute Gasteiger partial charge is 0.365 e. The molecule has 1 heterocycles. The van der Waals surface area contributed by atoms with Gasteiger partial charge in [-0.15, -0.1) is 11.8 Å². The maximum Gasteiger partial charge on any atom is 0.101 e. The molecule has 0 aromatic rings. The van der Waals surface area contributed by atoms with Crippen molar-refractivity contribution < 1.29 is 4.74 Å². The van der Waals surface area contributed by atoms with Crippen molar-refractivity contribution in [2.24, 2.45) is 0 Å². The summed E-state index contributed by atoms with van der Waals surface area (Å²) in [6, 6.07) is 0. The minimum atomic E-state index is 0.374. The summed E-state index contributed by atoms with van der Waals surface area (Å²) in [5.74, 6) is 0. The zero-order valence-electron chi connectivity index (χ0n) is 7.18. The van der Waals surface area contributed by atoms with Crippen LogP contribution in [0.5, 0.6) is 0 Å². The fourth-order valence-electron chi connectivity index (χ4n) is 1.59. The van der Waals surface area contributed by atoms with E-state index in [9.17, 15) is 0 Å². The van der Waals surface area contributed by atoms with E-state index >= 15 is 0 Å². The highest BCUT2D eigenvalue weighted by Crippen LogP contribution is 2.38. The summed E-state index contributed by atoms with van der Waals surface area (Å²) in [6.45, 7) is 8.85. The van der Waals surface area contributed by atoms with Gasteiger partial charge in [-0.1, -0.05) is 13.8 Å². The first-order chi connectivity index (χ1) is 4.49. The molecule has 2 unspecified atom stereocenters. The Morgan fingerprint density at radius 2 is 2.00 bits per heavy atom. The van der Waals surface area contributed by atoms with Crippen molar-refractivity contribution in [1.82, 2.24) is 0 Å². The average Bonchev–Trinajstić information content (AvgIpc) is 1.54. The Hall–Kier alpha value is 0.310. The van der Waals surface area contributed by atoms with Crippen molar-refractivity contribution in [3.8, 4) is 0 Å². The molecule has 1 fully saturated rings. The minimum absolute atomic E-state index is 0.374. The molecule has 0 aromatic heterocycles. The van der Waals surface area contributed by atoms with Crippen LogP contribution in [0.15, 0.2) is 0 Å².